The van der Waals surface area contributed by atoms with Crippen molar-refractivity contribution in [2.24, 2.45) is 17.8 Å². The van der Waals surface area contributed by atoms with E-state index in [2.05, 4.69) is 71.7 Å². The normalized spacial score (nSPS) is 32.2. The fourth-order valence-electron chi connectivity index (χ4n) is 5.15. The summed E-state index contributed by atoms with van der Waals surface area (Å²) in [5.41, 5.74) is 3.66. The summed E-state index contributed by atoms with van der Waals surface area (Å²) in [5.74, 6) is 14.6. The molecule has 164 valence electrons. The molecule has 1 amide bonds. The van der Waals surface area contributed by atoms with E-state index in [4.69, 9.17) is 0 Å². The van der Waals surface area contributed by atoms with E-state index in [1.165, 1.54) is 43.3 Å². The van der Waals surface area contributed by atoms with Crippen LogP contribution in [0.2, 0.25) is 0 Å². The maximum atomic E-state index is 12.6. The van der Waals surface area contributed by atoms with Crippen molar-refractivity contribution in [1.82, 2.24) is 16.0 Å². The Morgan fingerprint density at radius 2 is 1.71 bits per heavy atom. The van der Waals surface area contributed by atoms with Crippen LogP contribution in [0.25, 0.3) is 0 Å². The maximum absolute atomic E-state index is 12.6. The average Bonchev–Trinajstić information content (AvgIpc) is 3.06. The van der Waals surface area contributed by atoms with Crippen LogP contribution in [0.1, 0.15) is 65.2 Å². The van der Waals surface area contributed by atoms with Crippen molar-refractivity contribution in [2.75, 3.05) is 6.54 Å². The van der Waals surface area contributed by atoms with Gasteiger partial charge in [-0.25, -0.2) is 0 Å². The molecular weight excluding hydrogens is 382 g/mol. The summed E-state index contributed by atoms with van der Waals surface area (Å²) in [4.78, 5) is 12.6. The van der Waals surface area contributed by atoms with Crippen molar-refractivity contribution >= 4 is 5.91 Å². The zero-order valence-corrected chi connectivity index (χ0v) is 18.9. The molecular formula is C27H35N3O. The number of hydrogen-bond acceptors (Lipinski definition) is 3. The zero-order chi connectivity index (χ0) is 21.6. The highest BCUT2D eigenvalue weighted by Crippen LogP contribution is 2.33. The van der Waals surface area contributed by atoms with Gasteiger partial charge in [-0.2, -0.15) is 0 Å². The lowest BCUT2D eigenvalue weighted by Gasteiger charge is -2.22. The summed E-state index contributed by atoms with van der Waals surface area (Å²) < 4.78 is 0. The molecule has 4 heteroatoms. The summed E-state index contributed by atoms with van der Waals surface area (Å²) in [7, 11) is 0. The van der Waals surface area contributed by atoms with Crippen LogP contribution in [0.15, 0.2) is 35.1 Å². The lowest BCUT2D eigenvalue weighted by Crippen LogP contribution is -2.48. The van der Waals surface area contributed by atoms with Gasteiger partial charge in [-0.05, 0) is 51.7 Å². The zero-order valence-electron chi connectivity index (χ0n) is 18.9. The predicted octanol–water partition coefficient (Wildman–Crippen LogP) is 3.78. The van der Waals surface area contributed by atoms with Crippen molar-refractivity contribution in [3.05, 3.63) is 35.1 Å². The standard InChI is InChI=1S/C27H35N3O/c1-19-15-23(17-24(19)21-11-7-3-4-8-12-21)28-18-26(31)29-25-16-20(2)27(30-25)22-13-9-5-6-10-14-22/h15-17,21-22,24-25,27-28,30H,3-7,9,11,13,18H2,1-2H3,(H,29,31). The number of amides is 1. The number of carbonyl (C=O) groups is 1. The van der Waals surface area contributed by atoms with E-state index >= 15 is 0 Å². The summed E-state index contributed by atoms with van der Waals surface area (Å²) in [6.07, 6.45) is 15.6. The second-order valence-electron chi connectivity index (χ2n) is 9.34. The van der Waals surface area contributed by atoms with Crippen LogP contribution in [0, 0.1) is 41.4 Å². The van der Waals surface area contributed by atoms with Gasteiger partial charge in [0.2, 0.25) is 5.91 Å². The van der Waals surface area contributed by atoms with Gasteiger partial charge in [0, 0.05) is 42.3 Å². The first kappa shape index (κ1) is 21.8. The second-order valence-corrected chi connectivity index (χ2v) is 9.34. The van der Waals surface area contributed by atoms with Crippen molar-refractivity contribution < 1.29 is 4.79 Å². The van der Waals surface area contributed by atoms with Crippen LogP contribution >= 0.6 is 0 Å². The number of rotatable bonds is 6. The minimum atomic E-state index is -0.117. The van der Waals surface area contributed by atoms with Gasteiger partial charge in [0.15, 0.2) is 0 Å². The van der Waals surface area contributed by atoms with Crippen LogP contribution in [-0.2, 0) is 4.79 Å². The van der Waals surface area contributed by atoms with Gasteiger partial charge in [0.1, 0.15) is 0 Å². The third-order valence-electron chi connectivity index (χ3n) is 6.86. The minimum Gasteiger partial charge on any atom is -0.376 e. The van der Waals surface area contributed by atoms with E-state index in [9.17, 15) is 4.79 Å². The fraction of sp³-hybridized carbons (Fsp3) is 0.593. The third kappa shape index (κ3) is 5.63. The lowest BCUT2D eigenvalue weighted by molar-refractivity contribution is -0.120. The van der Waals surface area contributed by atoms with E-state index in [0.717, 1.165) is 25.0 Å². The molecule has 0 bridgehead atoms. The highest BCUT2D eigenvalue weighted by Gasteiger charge is 2.30. The number of carbonyl (C=O) groups excluding carboxylic acids is 1. The van der Waals surface area contributed by atoms with E-state index in [-0.39, 0.29) is 24.7 Å². The minimum absolute atomic E-state index is 0.00110. The first-order valence-corrected chi connectivity index (χ1v) is 11.9. The molecule has 4 rings (SSSR count). The molecule has 4 aliphatic rings. The summed E-state index contributed by atoms with van der Waals surface area (Å²) in [6, 6.07) is 0.244. The van der Waals surface area contributed by atoms with Crippen LogP contribution in [-0.4, -0.2) is 24.7 Å². The number of nitrogens with one attached hydrogen (secondary N) is 3. The van der Waals surface area contributed by atoms with Crippen molar-refractivity contribution in [3.63, 3.8) is 0 Å². The molecule has 1 heterocycles. The molecule has 0 saturated heterocycles. The van der Waals surface area contributed by atoms with Crippen LogP contribution < -0.4 is 16.0 Å². The Labute approximate surface area is 187 Å². The molecule has 0 aromatic rings. The Morgan fingerprint density at radius 1 is 1.00 bits per heavy atom. The van der Waals surface area contributed by atoms with Gasteiger partial charge in [0.05, 0.1) is 12.7 Å². The van der Waals surface area contributed by atoms with E-state index < -0.39 is 0 Å². The molecule has 0 aromatic heterocycles. The smallest absolute Gasteiger partial charge is 0.240 e. The van der Waals surface area contributed by atoms with Crippen LogP contribution in [0.3, 0.4) is 0 Å². The molecule has 0 saturated carbocycles. The molecule has 31 heavy (non-hydrogen) atoms. The Hall–Kier alpha value is -2.43. The largest absolute Gasteiger partial charge is 0.376 e. The van der Waals surface area contributed by atoms with Gasteiger partial charge in [-0.15, -0.1) is 11.8 Å². The van der Waals surface area contributed by atoms with Gasteiger partial charge < -0.3 is 10.6 Å². The number of allylic oxidation sites excluding steroid dienone is 3. The molecule has 0 radical (unpaired) electrons. The lowest BCUT2D eigenvalue weighted by atomic mass is 9.86. The first-order valence-electron chi connectivity index (χ1n) is 11.9. The highest BCUT2D eigenvalue weighted by molar-refractivity contribution is 5.79. The molecule has 3 N–H and O–H groups in total. The quantitative estimate of drug-likeness (QED) is 0.455. The molecule has 0 aromatic carbocycles. The monoisotopic (exact) mass is 417 g/mol. The molecule has 0 fully saturated rings. The first-order chi connectivity index (χ1) is 15.1. The Kier molecular flexibility index (Phi) is 7.21. The SMILES string of the molecule is CC1=CC(NCC(=O)NC2C=C(C)C(C3C#CCCCC3)N2)=CC1C1C#CCCCC1. The molecule has 0 spiro atoms. The van der Waals surface area contributed by atoms with E-state index in [1.54, 1.807) is 0 Å². The maximum Gasteiger partial charge on any atom is 0.240 e. The van der Waals surface area contributed by atoms with Gasteiger partial charge in [0.25, 0.3) is 0 Å². The molecule has 5 atom stereocenters. The second kappa shape index (κ2) is 10.3. The van der Waals surface area contributed by atoms with Crippen molar-refractivity contribution in [2.45, 2.75) is 77.4 Å². The van der Waals surface area contributed by atoms with E-state index in [1.807, 2.05) is 0 Å². The summed E-state index contributed by atoms with van der Waals surface area (Å²) in [6.45, 7) is 4.59. The molecule has 3 aliphatic carbocycles. The van der Waals surface area contributed by atoms with Gasteiger partial charge in [-0.1, -0.05) is 41.9 Å². The Balaban J connectivity index is 1.26. The van der Waals surface area contributed by atoms with Crippen LogP contribution in [0.5, 0.6) is 0 Å². The summed E-state index contributed by atoms with van der Waals surface area (Å²) >= 11 is 0. The third-order valence-corrected chi connectivity index (χ3v) is 6.86. The Bertz CT molecular complexity index is 904. The summed E-state index contributed by atoms with van der Waals surface area (Å²) in [5, 5.41) is 9.99. The number of hydrogen-bond donors (Lipinski definition) is 3. The van der Waals surface area contributed by atoms with E-state index in [0.29, 0.717) is 17.8 Å². The highest BCUT2D eigenvalue weighted by atomic mass is 16.2. The molecule has 5 unspecified atom stereocenters. The van der Waals surface area contributed by atoms with Gasteiger partial charge in [-0.3, -0.25) is 10.1 Å². The van der Waals surface area contributed by atoms with Crippen molar-refractivity contribution in [1.29, 1.82) is 0 Å². The predicted molar refractivity (Wildman–Crippen MR) is 125 cm³/mol. The van der Waals surface area contributed by atoms with Crippen molar-refractivity contribution in [3.8, 4) is 23.7 Å². The Morgan fingerprint density at radius 3 is 2.48 bits per heavy atom. The average molecular weight is 418 g/mol. The topological polar surface area (TPSA) is 53.2 Å². The fourth-order valence-corrected chi connectivity index (χ4v) is 5.15. The molecule has 1 aliphatic heterocycles. The molecule has 4 nitrogen and oxygen atoms in total. The van der Waals surface area contributed by atoms with Crippen LogP contribution in [0.4, 0.5) is 0 Å². The van der Waals surface area contributed by atoms with Gasteiger partial charge >= 0.3 is 0 Å².